The molecule has 17 heavy (non-hydrogen) atoms. The molecule has 2 aromatic rings. The number of halogens is 1. The summed E-state index contributed by atoms with van der Waals surface area (Å²) in [5.41, 5.74) is 6.74. The first-order valence-electron chi connectivity index (χ1n) is 5.14. The van der Waals surface area contributed by atoms with Crippen molar-refractivity contribution in [3.05, 3.63) is 18.1 Å². The number of hydrogen-bond acceptors (Lipinski definition) is 5. The van der Waals surface area contributed by atoms with E-state index in [0.717, 1.165) is 0 Å². The first-order valence-corrected chi connectivity index (χ1v) is 5.68. The second-order valence-electron chi connectivity index (χ2n) is 3.72. The molecule has 2 atom stereocenters. The number of fused-ring (bicyclic) bond motifs is 1. The van der Waals surface area contributed by atoms with Crippen molar-refractivity contribution >= 4 is 28.5 Å². The highest BCUT2D eigenvalue weighted by atomic mass is 35.5. The fourth-order valence-electron chi connectivity index (χ4n) is 1.72. The molecule has 2 rings (SSSR count). The van der Waals surface area contributed by atoms with Crippen LogP contribution in [0.5, 0.6) is 0 Å². The van der Waals surface area contributed by atoms with E-state index in [1.807, 2.05) is 0 Å². The molecule has 2 heterocycles. The zero-order valence-electron chi connectivity index (χ0n) is 8.97. The summed E-state index contributed by atoms with van der Waals surface area (Å²) >= 11 is 5.52. The van der Waals surface area contributed by atoms with Gasteiger partial charge in [-0.1, -0.05) is 0 Å². The molecule has 0 spiro atoms. The number of rotatable bonds is 4. The second-order valence-corrected chi connectivity index (χ2v) is 4.09. The van der Waals surface area contributed by atoms with Gasteiger partial charge in [0.2, 0.25) is 0 Å². The number of nitrogens with two attached hydrogens (primary N) is 1. The number of nitrogens with one attached hydrogen (secondary N) is 1. The van der Waals surface area contributed by atoms with E-state index in [2.05, 4.69) is 15.0 Å². The predicted molar refractivity (Wildman–Crippen MR) is 64.6 cm³/mol. The summed E-state index contributed by atoms with van der Waals surface area (Å²) in [5, 5.41) is 20.2. The van der Waals surface area contributed by atoms with Crippen molar-refractivity contribution < 1.29 is 10.2 Å². The summed E-state index contributed by atoms with van der Waals surface area (Å²) in [6.07, 6.45) is 1.20. The minimum atomic E-state index is -1.06. The number of aromatic nitrogens is 3. The molecule has 2 aromatic heterocycles. The Bertz CT molecular complexity index is 516. The fraction of sp³-hybridized carbons (Fsp3) is 0.400. The number of hydrogen-bond donors (Lipinski definition) is 4. The van der Waals surface area contributed by atoms with E-state index in [1.54, 1.807) is 6.20 Å². The van der Waals surface area contributed by atoms with Crippen LogP contribution in [0.2, 0.25) is 0 Å². The van der Waals surface area contributed by atoms with Gasteiger partial charge in [-0.25, -0.2) is 9.97 Å². The molecule has 0 radical (unpaired) electrons. The SMILES string of the molecule is Nc1ncnc2[nH]cc(C(O)C(O)CCCl)c12. The lowest BCUT2D eigenvalue weighted by atomic mass is 10.0. The lowest BCUT2D eigenvalue weighted by Crippen LogP contribution is -2.18. The van der Waals surface area contributed by atoms with Gasteiger partial charge in [-0.15, -0.1) is 11.6 Å². The Kier molecular flexibility index (Phi) is 3.46. The molecule has 7 heteroatoms. The molecule has 0 saturated carbocycles. The Hall–Kier alpha value is -1.37. The first kappa shape index (κ1) is 12.1. The van der Waals surface area contributed by atoms with Crippen LogP contribution in [0.25, 0.3) is 11.0 Å². The number of alkyl halides is 1. The van der Waals surface area contributed by atoms with Crippen LogP contribution in [-0.4, -0.2) is 37.1 Å². The van der Waals surface area contributed by atoms with Gasteiger partial charge in [-0.3, -0.25) is 0 Å². The van der Waals surface area contributed by atoms with E-state index in [9.17, 15) is 10.2 Å². The van der Waals surface area contributed by atoms with Gasteiger partial charge in [-0.2, -0.15) is 0 Å². The Morgan fingerprint density at radius 2 is 2.18 bits per heavy atom. The molecule has 5 N–H and O–H groups in total. The summed E-state index contributed by atoms with van der Waals surface area (Å²) in [5.74, 6) is 0.537. The van der Waals surface area contributed by atoms with Crippen LogP contribution in [0, 0.1) is 0 Å². The first-order chi connectivity index (χ1) is 8.15. The minimum absolute atomic E-state index is 0.267. The van der Waals surface area contributed by atoms with Gasteiger partial charge in [0.15, 0.2) is 0 Å². The molecule has 92 valence electrons. The number of aliphatic hydroxyl groups excluding tert-OH is 2. The largest absolute Gasteiger partial charge is 0.390 e. The number of H-pyrrole nitrogens is 1. The van der Waals surface area contributed by atoms with E-state index in [1.165, 1.54) is 6.33 Å². The quantitative estimate of drug-likeness (QED) is 0.598. The Morgan fingerprint density at radius 1 is 1.41 bits per heavy atom. The van der Waals surface area contributed by atoms with Crippen molar-refractivity contribution in [2.75, 3.05) is 11.6 Å². The van der Waals surface area contributed by atoms with Crippen molar-refractivity contribution in [3.8, 4) is 0 Å². The number of aliphatic hydroxyl groups is 2. The van der Waals surface area contributed by atoms with Crippen LogP contribution in [-0.2, 0) is 0 Å². The summed E-state index contributed by atoms with van der Waals surface area (Å²) in [6.45, 7) is 0. The van der Waals surface area contributed by atoms with Gasteiger partial charge in [0.1, 0.15) is 23.9 Å². The zero-order valence-corrected chi connectivity index (χ0v) is 9.72. The average molecular weight is 257 g/mol. The standard InChI is InChI=1S/C10H13ClN4O2/c11-2-1-6(16)8(17)5-3-13-10-7(5)9(12)14-4-15-10/h3-4,6,8,16-17H,1-2H2,(H3,12,13,14,15). The van der Waals surface area contributed by atoms with Gasteiger partial charge in [-0.05, 0) is 6.42 Å². The monoisotopic (exact) mass is 256 g/mol. The van der Waals surface area contributed by atoms with Crippen molar-refractivity contribution in [3.63, 3.8) is 0 Å². The predicted octanol–water partition coefficient (Wildman–Crippen LogP) is 0.563. The topological polar surface area (TPSA) is 108 Å². The van der Waals surface area contributed by atoms with Crippen LogP contribution >= 0.6 is 11.6 Å². The number of anilines is 1. The van der Waals surface area contributed by atoms with Crippen LogP contribution in [0.4, 0.5) is 5.82 Å². The van der Waals surface area contributed by atoms with Crippen molar-refractivity contribution in [2.45, 2.75) is 18.6 Å². The van der Waals surface area contributed by atoms with Crippen molar-refractivity contribution in [1.29, 1.82) is 0 Å². The Morgan fingerprint density at radius 3 is 2.88 bits per heavy atom. The summed E-state index contributed by atoms with van der Waals surface area (Å²) in [4.78, 5) is 10.7. The molecule has 0 aromatic carbocycles. The van der Waals surface area contributed by atoms with E-state index in [4.69, 9.17) is 17.3 Å². The summed E-state index contributed by atoms with van der Waals surface area (Å²) < 4.78 is 0. The fourth-order valence-corrected chi connectivity index (χ4v) is 1.95. The third-order valence-electron chi connectivity index (χ3n) is 2.62. The third kappa shape index (κ3) is 2.19. The maximum absolute atomic E-state index is 9.99. The van der Waals surface area contributed by atoms with Crippen molar-refractivity contribution in [1.82, 2.24) is 15.0 Å². The smallest absolute Gasteiger partial charge is 0.143 e. The molecular formula is C10H13ClN4O2. The highest BCUT2D eigenvalue weighted by molar-refractivity contribution is 6.17. The molecule has 2 unspecified atom stereocenters. The van der Waals surface area contributed by atoms with Crippen molar-refractivity contribution in [2.24, 2.45) is 0 Å². The minimum Gasteiger partial charge on any atom is -0.390 e. The highest BCUT2D eigenvalue weighted by Gasteiger charge is 2.22. The molecule has 0 amide bonds. The lowest BCUT2D eigenvalue weighted by Gasteiger charge is -2.16. The van der Waals surface area contributed by atoms with Gasteiger partial charge < -0.3 is 20.9 Å². The number of nitrogens with zero attached hydrogens (tertiary/aromatic N) is 2. The number of nitrogen functional groups attached to an aromatic ring is 1. The molecule has 0 aliphatic heterocycles. The van der Waals surface area contributed by atoms with Crippen LogP contribution in [0.1, 0.15) is 18.1 Å². The van der Waals surface area contributed by atoms with Gasteiger partial charge >= 0.3 is 0 Å². The molecule has 0 aliphatic rings. The van der Waals surface area contributed by atoms with Gasteiger partial charge in [0, 0.05) is 17.6 Å². The van der Waals surface area contributed by atoms with E-state index < -0.39 is 12.2 Å². The summed E-state index contributed by atoms with van der Waals surface area (Å²) in [6, 6.07) is 0. The molecule has 0 fully saturated rings. The van der Waals surface area contributed by atoms with E-state index in [-0.39, 0.29) is 11.7 Å². The Balaban J connectivity index is 2.42. The third-order valence-corrected chi connectivity index (χ3v) is 2.84. The molecule has 0 bridgehead atoms. The van der Waals surface area contributed by atoms with Gasteiger partial charge in [0.25, 0.3) is 0 Å². The van der Waals surface area contributed by atoms with Gasteiger partial charge in [0.05, 0.1) is 11.5 Å². The summed E-state index contributed by atoms with van der Waals surface area (Å²) in [7, 11) is 0. The Labute approximate surface area is 102 Å². The molecular weight excluding hydrogens is 244 g/mol. The molecule has 6 nitrogen and oxygen atoms in total. The number of aromatic amines is 1. The van der Waals surface area contributed by atoms with Crippen LogP contribution in [0.15, 0.2) is 12.5 Å². The molecule has 0 aliphatic carbocycles. The van der Waals surface area contributed by atoms with E-state index >= 15 is 0 Å². The maximum Gasteiger partial charge on any atom is 0.143 e. The normalized spacial score (nSPS) is 15.0. The van der Waals surface area contributed by atoms with Crippen LogP contribution in [0.3, 0.4) is 0 Å². The second kappa shape index (κ2) is 4.87. The average Bonchev–Trinajstić information content (AvgIpc) is 2.73. The van der Waals surface area contributed by atoms with Crippen LogP contribution < -0.4 is 5.73 Å². The molecule has 0 saturated heterocycles. The highest BCUT2D eigenvalue weighted by Crippen LogP contribution is 2.29. The zero-order chi connectivity index (χ0) is 12.4. The maximum atomic E-state index is 9.99. The lowest BCUT2D eigenvalue weighted by molar-refractivity contribution is 0.0179. The van der Waals surface area contributed by atoms with E-state index in [0.29, 0.717) is 23.0 Å².